The Labute approximate surface area is 285 Å². The third kappa shape index (κ3) is 4.30. The monoisotopic (exact) mass is 750 g/mol. The number of anilines is 1. The molecule has 2 aliphatic heterocycles. The van der Waals surface area contributed by atoms with Crippen molar-refractivity contribution in [1.82, 2.24) is 4.90 Å². The quantitative estimate of drug-likeness (QED) is 0.182. The molecule has 10 heteroatoms. The van der Waals surface area contributed by atoms with Gasteiger partial charge in [0.15, 0.2) is 11.5 Å². The summed E-state index contributed by atoms with van der Waals surface area (Å²) in [6, 6.07) is 19.6. The van der Waals surface area contributed by atoms with E-state index in [9.17, 15) is 19.5 Å². The minimum absolute atomic E-state index is 0.0247. The summed E-state index contributed by atoms with van der Waals surface area (Å²) in [4.78, 5) is 60.2. The molecule has 236 valence electrons. The number of phenolic OH excluding ortho intramolecular Hbond substituents is 1. The van der Waals surface area contributed by atoms with Crippen LogP contribution in [0.15, 0.2) is 78.4 Å². The van der Waals surface area contributed by atoms with Gasteiger partial charge in [0.05, 0.1) is 39.5 Å². The predicted octanol–water partition coefficient (Wildman–Crippen LogP) is 6.23. The number of nitrogens with zero attached hydrogens (tertiary/aromatic N) is 2. The van der Waals surface area contributed by atoms with Gasteiger partial charge in [-0.05, 0) is 89.2 Å². The van der Waals surface area contributed by atoms with Gasteiger partial charge in [-0.1, -0.05) is 66.6 Å². The number of halogens is 2. The number of carbonyl (C=O) groups excluding carboxylic acids is 4. The van der Waals surface area contributed by atoms with Crippen molar-refractivity contribution in [2.45, 2.75) is 37.5 Å². The summed E-state index contributed by atoms with van der Waals surface area (Å²) in [5.74, 6) is -4.06. The molecule has 6 atom stereocenters. The summed E-state index contributed by atoms with van der Waals surface area (Å²) < 4.78 is 6.10. The van der Waals surface area contributed by atoms with E-state index in [2.05, 4.69) is 0 Å². The highest BCUT2D eigenvalue weighted by Gasteiger charge is 2.70. The minimum atomic E-state index is -1.39. The number of carbonyl (C=O) groups is 4. The molecule has 4 amide bonds. The largest absolute Gasteiger partial charge is 0.504 e. The van der Waals surface area contributed by atoms with E-state index in [1.807, 2.05) is 72.0 Å². The third-order valence-electron chi connectivity index (χ3n) is 10.3. The molecule has 0 radical (unpaired) electrons. The summed E-state index contributed by atoms with van der Waals surface area (Å²) in [5, 5.41) is 11.2. The van der Waals surface area contributed by atoms with Crippen molar-refractivity contribution in [3.8, 4) is 11.5 Å². The average Bonchev–Trinajstić information content (AvgIpc) is 3.43. The fraction of sp³-hybridized carbons (Fsp3) is 0.333. The second-order valence-electron chi connectivity index (χ2n) is 12.5. The van der Waals surface area contributed by atoms with Gasteiger partial charge in [0.2, 0.25) is 23.6 Å². The van der Waals surface area contributed by atoms with Crippen LogP contribution in [0, 0.1) is 27.2 Å². The molecule has 46 heavy (non-hydrogen) atoms. The number of phenols is 1. The number of allylic oxidation sites excluding steroid dienone is 2. The van der Waals surface area contributed by atoms with Gasteiger partial charge in [0, 0.05) is 17.5 Å². The second-order valence-corrected chi connectivity index (χ2v) is 14.1. The molecule has 1 saturated carbocycles. The van der Waals surface area contributed by atoms with Crippen LogP contribution in [0.5, 0.6) is 11.5 Å². The number of rotatable bonds is 6. The first-order chi connectivity index (χ1) is 22.1. The van der Waals surface area contributed by atoms with Crippen LogP contribution >= 0.6 is 34.2 Å². The Kier molecular flexibility index (Phi) is 7.75. The van der Waals surface area contributed by atoms with Crippen LogP contribution in [0.1, 0.15) is 43.2 Å². The van der Waals surface area contributed by atoms with Gasteiger partial charge in [-0.2, -0.15) is 0 Å². The van der Waals surface area contributed by atoms with Crippen LogP contribution in [0.25, 0.3) is 0 Å². The normalized spacial score (nSPS) is 28.6. The van der Waals surface area contributed by atoms with E-state index in [4.69, 9.17) is 16.3 Å². The smallest absolute Gasteiger partial charge is 0.246 e. The van der Waals surface area contributed by atoms with Crippen molar-refractivity contribution in [3.63, 3.8) is 0 Å². The number of hydrogen-bond donors (Lipinski definition) is 1. The standard InChI is InChI=1S/C36H32ClIN2O6/c1-3-14-39-32(42)24-13-12-23-25(29(24)34(39)44)18-26-33(43)40(22-11-7-10-21(37)17-22)35(45)36(26,20-8-5-4-6-9-20)30(23)19-15-27(38)31(41)28(16-19)46-2/h4-12,15-17,24-26,29-30,41H,3,13-14,18H2,1-2H3/t24-,25+,26-,29-,30-,36+/m0/s1. The van der Waals surface area contributed by atoms with E-state index in [0.29, 0.717) is 44.8 Å². The molecule has 2 aliphatic carbocycles. The summed E-state index contributed by atoms with van der Waals surface area (Å²) in [6.07, 6.45) is 3.27. The molecule has 8 nitrogen and oxygen atoms in total. The third-order valence-corrected chi connectivity index (χ3v) is 11.4. The van der Waals surface area contributed by atoms with Crippen LogP contribution in [0.4, 0.5) is 5.69 Å². The number of likely N-dealkylation sites (tertiary alicyclic amines) is 1. The molecule has 1 N–H and O–H groups in total. The highest BCUT2D eigenvalue weighted by atomic mass is 127. The van der Waals surface area contributed by atoms with E-state index in [1.54, 1.807) is 30.3 Å². The molecule has 2 heterocycles. The van der Waals surface area contributed by atoms with Gasteiger partial charge in [0.1, 0.15) is 0 Å². The summed E-state index contributed by atoms with van der Waals surface area (Å²) in [7, 11) is 1.47. The van der Waals surface area contributed by atoms with Crippen molar-refractivity contribution >= 4 is 63.5 Å². The van der Waals surface area contributed by atoms with Gasteiger partial charge >= 0.3 is 0 Å². The van der Waals surface area contributed by atoms with E-state index >= 15 is 4.79 Å². The Morgan fingerprint density at radius 1 is 0.978 bits per heavy atom. The van der Waals surface area contributed by atoms with Gasteiger partial charge in [-0.25, -0.2) is 4.90 Å². The number of amides is 4. The first-order valence-electron chi connectivity index (χ1n) is 15.5. The molecular weight excluding hydrogens is 719 g/mol. The lowest BCUT2D eigenvalue weighted by atomic mass is 9.49. The molecule has 7 rings (SSSR count). The van der Waals surface area contributed by atoms with Gasteiger partial charge < -0.3 is 9.84 Å². The van der Waals surface area contributed by atoms with Gasteiger partial charge in [-0.3, -0.25) is 24.1 Å². The van der Waals surface area contributed by atoms with Crippen LogP contribution in [-0.4, -0.2) is 47.3 Å². The Morgan fingerprint density at radius 2 is 1.74 bits per heavy atom. The van der Waals surface area contributed by atoms with Crippen molar-refractivity contribution in [3.05, 3.63) is 98.1 Å². The van der Waals surface area contributed by atoms with Gasteiger partial charge in [0.25, 0.3) is 0 Å². The molecule has 0 unspecified atom stereocenters. The number of imide groups is 2. The molecule has 3 aromatic rings. The zero-order chi connectivity index (χ0) is 32.5. The Morgan fingerprint density at radius 3 is 2.43 bits per heavy atom. The lowest BCUT2D eigenvalue weighted by Gasteiger charge is -2.50. The fourth-order valence-electron chi connectivity index (χ4n) is 8.54. The van der Waals surface area contributed by atoms with Crippen molar-refractivity contribution in [2.24, 2.45) is 23.7 Å². The number of ether oxygens (including phenoxy) is 1. The zero-order valence-electron chi connectivity index (χ0n) is 25.3. The number of fused-ring (bicyclic) bond motifs is 4. The number of hydrogen-bond acceptors (Lipinski definition) is 6. The highest BCUT2D eigenvalue weighted by molar-refractivity contribution is 14.1. The lowest BCUT2D eigenvalue weighted by molar-refractivity contribution is -0.140. The number of methoxy groups -OCH3 is 1. The van der Waals surface area contributed by atoms with Crippen molar-refractivity contribution < 1.29 is 29.0 Å². The highest BCUT2D eigenvalue weighted by Crippen LogP contribution is 2.65. The fourth-order valence-corrected chi connectivity index (χ4v) is 9.35. The molecule has 0 aromatic heterocycles. The first-order valence-corrected chi connectivity index (χ1v) is 16.9. The SMILES string of the molecule is CCCN1C(=O)[C@H]2[C@H](CC=C3[C@H]2C[C@H]2C(=O)N(c4cccc(Cl)c4)C(=O)[C@@]2(c2ccccc2)[C@H]3c2cc(I)c(O)c(OC)c2)C1=O. The maximum atomic E-state index is 15.3. The summed E-state index contributed by atoms with van der Waals surface area (Å²) in [6.45, 7) is 2.28. The molecule has 2 saturated heterocycles. The molecule has 0 spiro atoms. The van der Waals surface area contributed by atoms with Crippen LogP contribution in [0.3, 0.4) is 0 Å². The number of aromatic hydroxyl groups is 1. The van der Waals surface area contributed by atoms with Crippen LogP contribution in [0.2, 0.25) is 5.02 Å². The molecule has 4 aliphatic rings. The molecule has 3 aromatic carbocycles. The second kappa shape index (κ2) is 11.5. The molecule has 0 bridgehead atoms. The van der Waals surface area contributed by atoms with E-state index in [-0.39, 0.29) is 41.5 Å². The van der Waals surface area contributed by atoms with Gasteiger partial charge in [-0.15, -0.1) is 0 Å². The maximum Gasteiger partial charge on any atom is 0.246 e. The predicted molar refractivity (Wildman–Crippen MR) is 180 cm³/mol. The minimum Gasteiger partial charge on any atom is -0.504 e. The van der Waals surface area contributed by atoms with Crippen molar-refractivity contribution in [2.75, 3.05) is 18.6 Å². The average molecular weight is 751 g/mol. The van der Waals surface area contributed by atoms with Crippen LogP contribution < -0.4 is 9.64 Å². The summed E-state index contributed by atoms with van der Waals surface area (Å²) in [5.41, 5.74) is 1.20. The molecular formula is C36H32ClIN2O6. The maximum absolute atomic E-state index is 15.3. The lowest BCUT2D eigenvalue weighted by Crippen LogP contribution is -2.53. The topological polar surface area (TPSA) is 104 Å². The summed E-state index contributed by atoms with van der Waals surface area (Å²) >= 11 is 8.41. The number of benzene rings is 3. The van der Waals surface area contributed by atoms with Crippen LogP contribution in [-0.2, 0) is 24.6 Å². The molecule has 3 fully saturated rings. The first kappa shape index (κ1) is 30.9. The Balaban J connectivity index is 1.52. The zero-order valence-corrected chi connectivity index (χ0v) is 28.2. The van der Waals surface area contributed by atoms with E-state index in [0.717, 1.165) is 5.57 Å². The van der Waals surface area contributed by atoms with E-state index < -0.39 is 35.0 Å². The van der Waals surface area contributed by atoms with E-state index in [1.165, 1.54) is 16.9 Å². The van der Waals surface area contributed by atoms with Crippen molar-refractivity contribution in [1.29, 1.82) is 0 Å². The Bertz CT molecular complexity index is 1830. The Hall–Kier alpha value is -3.70.